The number of benzene rings is 3. The number of nitrogens with zero attached hydrogens (tertiary/aromatic N) is 1. The van der Waals surface area contributed by atoms with Gasteiger partial charge >= 0.3 is 0 Å². The van der Waals surface area contributed by atoms with E-state index in [1.54, 1.807) is 18.2 Å². The van der Waals surface area contributed by atoms with Crippen LogP contribution in [0, 0.1) is 18.6 Å². The number of aliphatic hydroxyl groups is 1. The quantitative estimate of drug-likeness (QED) is 0.237. The molecule has 1 saturated heterocycles. The van der Waals surface area contributed by atoms with Crippen molar-refractivity contribution in [2.45, 2.75) is 84.0 Å². The molecule has 1 aliphatic rings. The fourth-order valence-electron chi connectivity index (χ4n) is 5.92. The van der Waals surface area contributed by atoms with Gasteiger partial charge in [-0.25, -0.2) is 8.78 Å². The molecule has 0 bridgehead atoms. The lowest BCUT2D eigenvalue weighted by atomic mass is 9.99. The van der Waals surface area contributed by atoms with E-state index in [2.05, 4.69) is 36.6 Å². The third-order valence-electron chi connectivity index (χ3n) is 8.09. The smallest absolute Gasteiger partial charge is 0.254 e. The summed E-state index contributed by atoms with van der Waals surface area (Å²) in [6.45, 7) is 7.39. The van der Waals surface area contributed by atoms with Crippen molar-refractivity contribution in [1.29, 1.82) is 0 Å². The van der Waals surface area contributed by atoms with Crippen LogP contribution in [0.5, 0.6) is 0 Å². The molecule has 8 heteroatoms. The highest BCUT2D eigenvalue weighted by atomic mass is 19.1. The zero-order chi connectivity index (χ0) is 30.9. The SMILES string of the molecule is CCC[C@H]1CCCN1C(=O)c1cc(C)cc(C(=O)N[C@@H](Cc2cc(F)cc(F)c2)[C@H](O)CNCc2cccc(CC)c2)c1. The van der Waals surface area contributed by atoms with Gasteiger partial charge in [-0.15, -0.1) is 0 Å². The number of aliphatic hydroxyl groups excluding tert-OH is 1. The Bertz CT molecular complexity index is 1390. The topological polar surface area (TPSA) is 81.7 Å². The summed E-state index contributed by atoms with van der Waals surface area (Å²) in [4.78, 5) is 28.9. The minimum atomic E-state index is -1.06. The van der Waals surface area contributed by atoms with Crippen molar-refractivity contribution in [3.8, 4) is 0 Å². The van der Waals surface area contributed by atoms with Gasteiger partial charge in [0.1, 0.15) is 11.6 Å². The van der Waals surface area contributed by atoms with Gasteiger partial charge in [-0.1, -0.05) is 44.5 Å². The summed E-state index contributed by atoms with van der Waals surface area (Å²) in [7, 11) is 0. The molecule has 1 aliphatic heterocycles. The van der Waals surface area contributed by atoms with Crippen molar-refractivity contribution in [2.24, 2.45) is 0 Å². The first kappa shape index (κ1) is 32.3. The number of likely N-dealkylation sites (tertiary alicyclic amines) is 1. The van der Waals surface area contributed by atoms with Crippen LogP contribution in [0.4, 0.5) is 8.78 Å². The molecule has 1 fully saturated rings. The predicted molar refractivity (Wildman–Crippen MR) is 165 cm³/mol. The molecule has 3 atom stereocenters. The van der Waals surface area contributed by atoms with Crippen LogP contribution in [0.25, 0.3) is 0 Å². The molecule has 4 rings (SSSR count). The van der Waals surface area contributed by atoms with Crippen molar-refractivity contribution in [3.63, 3.8) is 0 Å². The number of hydrogen-bond acceptors (Lipinski definition) is 4. The van der Waals surface area contributed by atoms with E-state index in [9.17, 15) is 23.5 Å². The fourth-order valence-corrected chi connectivity index (χ4v) is 5.92. The number of amides is 2. The number of aryl methyl sites for hydroxylation is 2. The molecule has 0 aromatic heterocycles. The van der Waals surface area contributed by atoms with Crippen LogP contribution in [0.15, 0.2) is 60.7 Å². The molecule has 230 valence electrons. The second kappa shape index (κ2) is 15.2. The third-order valence-corrected chi connectivity index (χ3v) is 8.09. The zero-order valence-electron chi connectivity index (χ0n) is 25.3. The van der Waals surface area contributed by atoms with E-state index in [-0.39, 0.29) is 24.9 Å². The molecule has 0 saturated carbocycles. The van der Waals surface area contributed by atoms with Crippen LogP contribution in [-0.4, -0.2) is 53.1 Å². The number of nitrogens with one attached hydrogen (secondary N) is 2. The van der Waals surface area contributed by atoms with Gasteiger partial charge in [-0.3, -0.25) is 9.59 Å². The first-order valence-electron chi connectivity index (χ1n) is 15.3. The van der Waals surface area contributed by atoms with Crippen LogP contribution in [0.1, 0.15) is 82.5 Å². The maximum atomic E-state index is 14.0. The van der Waals surface area contributed by atoms with Gasteiger partial charge in [0, 0.05) is 42.9 Å². The minimum Gasteiger partial charge on any atom is -0.390 e. The second-order valence-corrected chi connectivity index (χ2v) is 11.6. The highest BCUT2D eigenvalue weighted by Crippen LogP contribution is 2.24. The molecule has 0 unspecified atom stereocenters. The molecular weight excluding hydrogens is 548 g/mol. The zero-order valence-corrected chi connectivity index (χ0v) is 25.3. The fraction of sp³-hybridized carbons (Fsp3) is 0.429. The molecule has 3 N–H and O–H groups in total. The number of hydrogen-bond donors (Lipinski definition) is 3. The Hall–Kier alpha value is -3.62. The number of carbonyl (C=O) groups is 2. The molecular formula is C35H43F2N3O3. The lowest BCUT2D eigenvalue weighted by Gasteiger charge is -2.26. The molecule has 0 radical (unpaired) electrons. The molecule has 0 spiro atoms. The Morgan fingerprint density at radius 2 is 1.70 bits per heavy atom. The lowest BCUT2D eigenvalue weighted by Crippen LogP contribution is -2.48. The summed E-state index contributed by atoms with van der Waals surface area (Å²) in [5, 5.41) is 17.3. The van der Waals surface area contributed by atoms with Crippen LogP contribution in [0.2, 0.25) is 0 Å². The molecule has 0 aliphatic carbocycles. The maximum Gasteiger partial charge on any atom is 0.254 e. The number of halogens is 2. The molecule has 43 heavy (non-hydrogen) atoms. The van der Waals surface area contributed by atoms with Gasteiger partial charge in [-0.05, 0) is 91.6 Å². The van der Waals surface area contributed by atoms with E-state index in [0.29, 0.717) is 29.8 Å². The highest BCUT2D eigenvalue weighted by molar-refractivity contribution is 6.00. The average molecular weight is 592 g/mol. The molecule has 3 aromatic carbocycles. The lowest BCUT2D eigenvalue weighted by molar-refractivity contribution is 0.0730. The van der Waals surface area contributed by atoms with Crippen molar-refractivity contribution in [3.05, 3.63) is 106 Å². The van der Waals surface area contributed by atoms with Gasteiger partial charge < -0.3 is 20.6 Å². The summed E-state index contributed by atoms with van der Waals surface area (Å²) in [6.07, 6.45) is 3.76. The van der Waals surface area contributed by atoms with Crippen molar-refractivity contribution in [1.82, 2.24) is 15.5 Å². The minimum absolute atomic E-state index is 0.0126. The molecule has 1 heterocycles. The van der Waals surface area contributed by atoms with Gasteiger partial charge in [0.2, 0.25) is 0 Å². The Morgan fingerprint density at radius 3 is 2.42 bits per heavy atom. The maximum absolute atomic E-state index is 14.0. The number of rotatable bonds is 13. The summed E-state index contributed by atoms with van der Waals surface area (Å²) in [6, 6.07) is 15.8. The van der Waals surface area contributed by atoms with E-state index in [1.165, 1.54) is 17.7 Å². The summed E-state index contributed by atoms with van der Waals surface area (Å²) >= 11 is 0. The van der Waals surface area contributed by atoms with Crippen LogP contribution >= 0.6 is 0 Å². The summed E-state index contributed by atoms with van der Waals surface area (Å²) in [5.74, 6) is -2.01. The summed E-state index contributed by atoms with van der Waals surface area (Å²) in [5.41, 5.74) is 4.10. The van der Waals surface area contributed by atoms with Crippen LogP contribution in [-0.2, 0) is 19.4 Å². The van der Waals surface area contributed by atoms with Crippen molar-refractivity contribution < 1.29 is 23.5 Å². The van der Waals surface area contributed by atoms with Gasteiger partial charge in [0.05, 0.1) is 12.1 Å². The van der Waals surface area contributed by atoms with Gasteiger partial charge in [0.15, 0.2) is 0 Å². The average Bonchev–Trinajstić information content (AvgIpc) is 3.44. The van der Waals surface area contributed by atoms with Crippen molar-refractivity contribution >= 4 is 11.8 Å². The first-order valence-corrected chi connectivity index (χ1v) is 15.3. The standard InChI is InChI=1S/C35H43F2N3O3/c1-4-8-31-11-7-12-40(31)35(43)28-14-23(3)13-27(19-28)34(42)39-32(18-26-16-29(36)20-30(37)17-26)33(41)22-38-21-25-10-6-9-24(5-2)15-25/h6,9-10,13-17,19-20,31-33,38,41H,4-5,7-8,11-12,18,21-22H2,1-3H3,(H,39,42)/t31-,32-,33+/m0/s1. The predicted octanol–water partition coefficient (Wildman–Crippen LogP) is 5.73. The van der Waals surface area contributed by atoms with Gasteiger partial charge in [0.25, 0.3) is 11.8 Å². The highest BCUT2D eigenvalue weighted by Gasteiger charge is 2.29. The first-order chi connectivity index (χ1) is 20.7. The molecule has 2 amide bonds. The molecule has 6 nitrogen and oxygen atoms in total. The Balaban J connectivity index is 1.51. The van der Waals surface area contributed by atoms with Crippen LogP contribution in [0.3, 0.4) is 0 Å². The largest absolute Gasteiger partial charge is 0.390 e. The van der Waals surface area contributed by atoms with Crippen molar-refractivity contribution in [2.75, 3.05) is 13.1 Å². The number of carbonyl (C=O) groups excluding carboxylic acids is 2. The Labute approximate surface area is 253 Å². The monoisotopic (exact) mass is 591 g/mol. The third kappa shape index (κ3) is 8.94. The Kier molecular flexibility index (Phi) is 11.4. The van der Waals surface area contributed by atoms with Gasteiger partial charge in [-0.2, -0.15) is 0 Å². The van der Waals surface area contributed by atoms with E-state index in [0.717, 1.165) is 49.3 Å². The Morgan fingerprint density at radius 1 is 0.977 bits per heavy atom. The molecule has 3 aromatic rings. The van der Waals surface area contributed by atoms with E-state index in [4.69, 9.17) is 0 Å². The van der Waals surface area contributed by atoms with E-state index >= 15 is 0 Å². The van der Waals surface area contributed by atoms with E-state index in [1.807, 2.05) is 24.0 Å². The second-order valence-electron chi connectivity index (χ2n) is 11.6. The van der Waals surface area contributed by atoms with Crippen LogP contribution < -0.4 is 10.6 Å². The van der Waals surface area contributed by atoms with E-state index < -0.39 is 29.7 Å². The normalized spacial score (nSPS) is 16.2. The summed E-state index contributed by atoms with van der Waals surface area (Å²) < 4.78 is 28.0.